The highest BCUT2D eigenvalue weighted by Crippen LogP contribution is 2.27. The molecule has 2 aromatic rings. The Morgan fingerprint density at radius 2 is 1.90 bits per heavy atom. The van der Waals surface area contributed by atoms with Gasteiger partial charge in [0, 0.05) is 13.1 Å². The van der Waals surface area contributed by atoms with Crippen LogP contribution in [0.15, 0.2) is 29.1 Å². The molecule has 3 rings (SSSR count). The lowest BCUT2D eigenvalue weighted by atomic mass is 10.3. The summed E-state index contributed by atoms with van der Waals surface area (Å²) in [5, 5.41) is 2.92. The first-order valence-corrected chi connectivity index (χ1v) is 7.65. The summed E-state index contributed by atoms with van der Waals surface area (Å²) in [5.74, 6) is 0.565. The molecular formula is C16H21N3O2. The lowest BCUT2D eigenvalue weighted by Gasteiger charge is -2.05. The number of imidazole rings is 1. The summed E-state index contributed by atoms with van der Waals surface area (Å²) >= 11 is 0. The number of nitrogens with zero attached hydrogens (tertiary/aromatic N) is 2. The van der Waals surface area contributed by atoms with Gasteiger partial charge in [-0.1, -0.05) is 19.1 Å². The van der Waals surface area contributed by atoms with E-state index in [0.717, 1.165) is 24.0 Å². The van der Waals surface area contributed by atoms with Gasteiger partial charge in [0.25, 0.3) is 0 Å². The third-order valence-corrected chi connectivity index (χ3v) is 3.96. The van der Waals surface area contributed by atoms with Gasteiger partial charge in [-0.2, -0.15) is 0 Å². The number of carbonyl (C=O) groups excluding carboxylic acids is 1. The Morgan fingerprint density at radius 3 is 2.52 bits per heavy atom. The van der Waals surface area contributed by atoms with E-state index in [1.165, 1.54) is 12.8 Å². The third kappa shape index (κ3) is 2.86. The van der Waals surface area contributed by atoms with Gasteiger partial charge in [-0.05, 0) is 37.3 Å². The fourth-order valence-corrected chi connectivity index (χ4v) is 2.64. The summed E-state index contributed by atoms with van der Waals surface area (Å²) in [5.41, 5.74) is 1.64. The molecule has 1 heterocycles. The molecule has 1 fully saturated rings. The molecule has 0 unspecified atom stereocenters. The lowest BCUT2D eigenvalue weighted by molar-refractivity contribution is -0.121. The fourth-order valence-electron chi connectivity index (χ4n) is 2.64. The second-order valence-electron chi connectivity index (χ2n) is 5.76. The molecule has 1 N–H and O–H groups in total. The number of aromatic nitrogens is 2. The maximum absolute atomic E-state index is 12.5. The SMILES string of the molecule is CCCn1c(=O)n(CC(=O)NCC2CC2)c2ccccc21. The van der Waals surface area contributed by atoms with Crippen LogP contribution in [0.3, 0.4) is 0 Å². The molecule has 1 aliphatic carbocycles. The number of amides is 1. The Labute approximate surface area is 123 Å². The van der Waals surface area contributed by atoms with E-state index in [4.69, 9.17) is 0 Å². The average molecular weight is 287 g/mol. The number of fused-ring (bicyclic) bond motifs is 1. The molecular weight excluding hydrogens is 266 g/mol. The van der Waals surface area contributed by atoms with Gasteiger partial charge in [-0.3, -0.25) is 13.9 Å². The first kappa shape index (κ1) is 13.9. The van der Waals surface area contributed by atoms with Gasteiger partial charge >= 0.3 is 5.69 Å². The van der Waals surface area contributed by atoms with Crippen molar-refractivity contribution >= 4 is 16.9 Å². The van der Waals surface area contributed by atoms with Crippen molar-refractivity contribution < 1.29 is 4.79 Å². The van der Waals surface area contributed by atoms with Crippen LogP contribution in [0, 0.1) is 5.92 Å². The number of para-hydroxylation sites is 2. The second-order valence-corrected chi connectivity index (χ2v) is 5.76. The summed E-state index contributed by atoms with van der Waals surface area (Å²) < 4.78 is 3.33. The summed E-state index contributed by atoms with van der Waals surface area (Å²) in [6, 6.07) is 7.66. The molecule has 0 saturated heterocycles. The number of hydrogen-bond donors (Lipinski definition) is 1. The molecule has 1 saturated carbocycles. The summed E-state index contributed by atoms with van der Waals surface area (Å²) in [6.45, 7) is 3.56. The second kappa shape index (κ2) is 5.76. The minimum Gasteiger partial charge on any atom is -0.354 e. The first-order chi connectivity index (χ1) is 10.2. The number of rotatable bonds is 6. The van der Waals surface area contributed by atoms with E-state index in [2.05, 4.69) is 5.32 Å². The van der Waals surface area contributed by atoms with Crippen LogP contribution >= 0.6 is 0 Å². The van der Waals surface area contributed by atoms with Gasteiger partial charge in [0.2, 0.25) is 5.91 Å². The Hall–Kier alpha value is -2.04. The standard InChI is InChI=1S/C16H21N3O2/c1-2-9-18-13-5-3-4-6-14(13)19(16(18)21)11-15(20)17-10-12-7-8-12/h3-6,12H,2,7-11H2,1H3,(H,17,20). The van der Waals surface area contributed by atoms with Crippen molar-refractivity contribution in [3.05, 3.63) is 34.7 Å². The predicted molar refractivity (Wildman–Crippen MR) is 82.2 cm³/mol. The molecule has 0 bridgehead atoms. The molecule has 0 radical (unpaired) electrons. The highest BCUT2D eigenvalue weighted by molar-refractivity contribution is 5.80. The van der Waals surface area contributed by atoms with E-state index in [1.807, 2.05) is 31.2 Å². The number of benzene rings is 1. The van der Waals surface area contributed by atoms with Crippen molar-refractivity contribution in [2.75, 3.05) is 6.54 Å². The van der Waals surface area contributed by atoms with Crippen molar-refractivity contribution in [1.82, 2.24) is 14.5 Å². The Balaban J connectivity index is 1.88. The van der Waals surface area contributed by atoms with Crippen LogP contribution in [0.1, 0.15) is 26.2 Å². The Morgan fingerprint density at radius 1 is 1.24 bits per heavy atom. The van der Waals surface area contributed by atoms with Crippen LogP contribution < -0.4 is 11.0 Å². The fraction of sp³-hybridized carbons (Fsp3) is 0.500. The molecule has 112 valence electrons. The van der Waals surface area contributed by atoms with Crippen molar-refractivity contribution in [3.63, 3.8) is 0 Å². The number of aryl methyl sites for hydroxylation is 1. The van der Waals surface area contributed by atoms with E-state index in [9.17, 15) is 9.59 Å². The average Bonchev–Trinajstić information content (AvgIpc) is 3.28. The van der Waals surface area contributed by atoms with Crippen molar-refractivity contribution in [3.8, 4) is 0 Å². The molecule has 21 heavy (non-hydrogen) atoms. The molecule has 5 heteroatoms. The van der Waals surface area contributed by atoms with Gasteiger partial charge in [0.1, 0.15) is 6.54 Å². The van der Waals surface area contributed by atoms with Gasteiger partial charge in [0.05, 0.1) is 11.0 Å². The van der Waals surface area contributed by atoms with Crippen molar-refractivity contribution in [1.29, 1.82) is 0 Å². The van der Waals surface area contributed by atoms with E-state index in [1.54, 1.807) is 9.13 Å². The summed E-state index contributed by atoms with van der Waals surface area (Å²) in [7, 11) is 0. The minimum absolute atomic E-state index is 0.0802. The van der Waals surface area contributed by atoms with Crippen LogP contribution in [0.2, 0.25) is 0 Å². The number of hydrogen-bond acceptors (Lipinski definition) is 2. The predicted octanol–water partition coefficient (Wildman–Crippen LogP) is 1.74. The van der Waals surface area contributed by atoms with E-state index in [0.29, 0.717) is 12.5 Å². The molecule has 1 aromatic carbocycles. The zero-order valence-electron chi connectivity index (χ0n) is 12.3. The normalized spacial score (nSPS) is 14.5. The Kier molecular flexibility index (Phi) is 3.82. The summed E-state index contributed by atoms with van der Waals surface area (Å²) in [4.78, 5) is 24.5. The topological polar surface area (TPSA) is 56.0 Å². The molecule has 1 amide bonds. The minimum atomic E-state index is -0.0976. The van der Waals surface area contributed by atoms with Crippen LogP contribution in [0.25, 0.3) is 11.0 Å². The monoisotopic (exact) mass is 287 g/mol. The maximum atomic E-state index is 12.5. The third-order valence-electron chi connectivity index (χ3n) is 3.96. The highest BCUT2D eigenvalue weighted by Gasteiger charge is 2.22. The van der Waals surface area contributed by atoms with Gasteiger partial charge < -0.3 is 5.32 Å². The molecule has 1 aliphatic rings. The highest BCUT2D eigenvalue weighted by atomic mass is 16.2. The lowest BCUT2D eigenvalue weighted by Crippen LogP contribution is -2.34. The van der Waals surface area contributed by atoms with Gasteiger partial charge in [-0.25, -0.2) is 4.79 Å². The largest absolute Gasteiger partial charge is 0.354 e. The van der Waals surface area contributed by atoms with Crippen LogP contribution in [0.5, 0.6) is 0 Å². The quantitative estimate of drug-likeness (QED) is 0.880. The first-order valence-electron chi connectivity index (χ1n) is 7.65. The van der Waals surface area contributed by atoms with Crippen LogP contribution in [0.4, 0.5) is 0 Å². The summed E-state index contributed by atoms with van der Waals surface area (Å²) in [6.07, 6.45) is 3.30. The molecule has 1 aromatic heterocycles. The Bertz CT molecular complexity index is 710. The smallest absolute Gasteiger partial charge is 0.329 e. The van der Waals surface area contributed by atoms with Crippen molar-refractivity contribution in [2.45, 2.75) is 39.3 Å². The number of carbonyl (C=O) groups is 1. The van der Waals surface area contributed by atoms with E-state index in [-0.39, 0.29) is 18.1 Å². The molecule has 0 atom stereocenters. The van der Waals surface area contributed by atoms with Gasteiger partial charge in [0.15, 0.2) is 0 Å². The van der Waals surface area contributed by atoms with E-state index < -0.39 is 0 Å². The van der Waals surface area contributed by atoms with Crippen LogP contribution in [-0.2, 0) is 17.9 Å². The van der Waals surface area contributed by atoms with E-state index >= 15 is 0 Å². The van der Waals surface area contributed by atoms with Crippen LogP contribution in [-0.4, -0.2) is 21.6 Å². The van der Waals surface area contributed by atoms with Gasteiger partial charge in [-0.15, -0.1) is 0 Å². The zero-order valence-corrected chi connectivity index (χ0v) is 12.3. The molecule has 0 aliphatic heterocycles. The molecule has 5 nitrogen and oxygen atoms in total. The molecule has 0 spiro atoms. The number of nitrogens with one attached hydrogen (secondary N) is 1. The van der Waals surface area contributed by atoms with Crippen molar-refractivity contribution in [2.24, 2.45) is 5.92 Å². The maximum Gasteiger partial charge on any atom is 0.329 e. The zero-order chi connectivity index (χ0) is 14.8.